The van der Waals surface area contributed by atoms with Gasteiger partial charge in [0, 0.05) is 37.5 Å². The Hall–Kier alpha value is -1.46. The van der Waals surface area contributed by atoms with E-state index in [0.29, 0.717) is 11.0 Å². The minimum atomic E-state index is 0.601. The molecule has 4 nitrogen and oxygen atoms in total. The summed E-state index contributed by atoms with van der Waals surface area (Å²) >= 11 is 5.02. The number of fused-ring (bicyclic) bond motifs is 1. The van der Waals surface area contributed by atoms with Crippen molar-refractivity contribution in [3.63, 3.8) is 0 Å². The van der Waals surface area contributed by atoms with Crippen LogP contribution in [0.4, 0.5) is 0 Å². The summed E-state index contributed by atoms with van der Waals surface area (Å²) in [4.78, 5) is 3.08. The van der Waals surface area contributed by atoms with E-state index in [0.717, 1.165) is 26.1 Å². The number of benzene rings is 1. The Kier molecular flexibility index (Phi) is 4.22. The van der Waals surface area contributed by atoms with Crippen molar-refractivity contribution in [2.24, 2.45) is 5.73 Å². The number of nitrogens with two attached hydrogens (primary N) is 1. The minimum Gasteiger partial charge on any atom is -0.393 e. The van der Waals surface area contributed by atoms with Crippen molar-refractivity contribution >= 4 is 28.1 Å². The van der Waals surface area contributed by atoms with Crippen LogP contribution in [0.15, 0.2) is 24.3 Å². The summed E-state index contributed by atoms with van der Waals surface area (Å²) in [6.45, 7) is 4.86. The Labute approximate surface area is 130 Å². The van der Waals surface area contributed by atoms with E-state index < -0.39 is 0 Å². The van der Waals surface area contributed by atoms with Crippen LogP contribution < -0.4 is 5.73 Å². The van der Waals surface area contributed by atoms with E-state index in [-0.39, 0.29) is 0 Å². The molecule has 0 atom stereocenters. The van der Waals surface area contributed by atoms with Crippen LogP contribution in [0.1, 0.15) is 31.9 Å². The largest absolute Gasteiger partial charge is 0.393 e. The highest BCUT2D eigenvalue weighted by molar-refractivity contribution is 7.80. The Balaban J connectivity index is 1.83. The predicted molar refractivity (Wildman–Crippen MR) is 90.2 cm³/mol. The molecule has 1 aliphatic carbocycles. The number of hydrogen-bond acceptors (Lipinski definition) is 3. The zero-order chi connectivity index (χ0) is 14.8. The number of nitrogens with zero attached hydrogens (tertiary/aromatic N) is 3. The number of para-hydroxylation sites is 1. The summed E-state index contributed by atoms with van der Waals surface area (Å²) in [7, 11) is 0. The van der Waals surface area contributed by atoms with Crippen molar-refractivity contribution in [3.05, 3.63) is 30.0 Å². The second-order valence-electron chi connectivity index (χ2n) is 5.70. The second kappa shape index (κ2) is 6.12. The van der Waals surface area contributed by atoms with E-state index in [4.69, 9.17) is 23.1 Å². The molecule has 0 radical (unpaired) electrons. The van der Waals surface area contributed by atoms with Gasteiger partial charge >= 0.3 is 0 Å². The van der Waals surface area contributed by atoms with E-state index >= 15 is 0 Å². The van der Waals surface area contributed by atoms with Crippen molar-refractivity contribution in [1.82, 2.24) is 14.7 Å². The molecule has 0 spiro atoms. The zero-order valence-corrected chi connectivity index (χ0v) is 13.3. The summed E-state index contributed by atoms with van der Waals surface area (Å²) in [5.74, 6) is 0. The summed E-state index contributed by atoms with van der Waals surface area (Å²) in [5, 5.41) is 6.06. The first kappa shape index (κ1) is 14.5. The van der Waals surface area contributed by atoms with Crippen molar-refractivity contribution in [2.75, 3.05) is 6.54 Å². The van der Waals surface area contributed by atoms with Crippen LogP contribution in [0.25, 0.3) is 10.9 Å². The van der Waals surface area contributed by atoms with E-state index in [2.05, 4.69) is 40.8 Å². The molecule has 0 unspecified atom stereocenters. The van der Waals surface area contributed by atoms with Gasteiger partial charge in [0.1, 0.15) is 0 Å². The Morgan fingerprint density at radius 2 is 2.19 bits per heavy atom. The normalized spacial score (nSPS) is 15.0. The smallest absolute Gasteiger partial charge is 0.0843 e. The molecule has 1 aromatic carbocycles. The quantitative estimate of drug-likeness (QED) is 0.799. The second-order valence-corrected chi connectivity index (χ2v) is 6.22. The molecule has 5 heteroatoms. The van der Waals surface area contributed by atoms with Gasteiger partial charge in [-0.3, -0.25) is 9.58 Å². The van der Waals surface area contributed by atoms with Gasteiger partial charge in [0.05, 0.1) is 16.2 Å². The van der Waals surface area contributed by atoms with Crippen LogP contribution >= 0.6 is 12.2 Å². The van der Waals surface area contributed by atoms with E-state index in [1.807, 2.05) is 0 Å². The molecule has 0 aliphatic heterocycles. The Bertz CT molecular complexity index is 645. The average Bonchev–Trinajstić information content (AvgIpc) is 3.26. The lowest BCUT2D eigenvalue weighted by Crippen LogP contribution is -2.29. The Morgan fingerprint density at radius 3 is 2.86 bits per heavy atom. The summed E-state index contributed by atoms with van der Waals surface area (Å²) in [6.07, 6.45) is 3.35. The first-order valence-electron chi connectivity index (χ1n) is 7.65. The van der Waals surface area contributed by atoms with Crippen molar-refractivity contribution in [1.29, 1.82) is 0 Å². The fourth-order valence-corrected chi connectivity index (χ4v) is 2.92. The highest BCUT2D eigenvalue weighted by atomic mass is 32.1. The molecule has 1 heterocycles. The monoisotopic (exact) mass is 302 g/mol. The van der Waals surface area contributed by atoms with Gasteiger partial charge in [-0.1, -0.05) is 30.4 Å². The number of hydrogen-bond donors (Lipinski definition) is 1. The van der Waals surface area contributed by atoms with E-state index in [1.165, 1.54) is 29.4 Å². The van der Waals surface area contributed by atoms with Crippen molar-refractivity contribution in [2.45, 2.75) is 45.3 Å². The van der Waals surface area contributed by atoms with Crippen LogP contribution in [0.2, 0.25) is 0 Å². The first-order valence-corrected chi connectivity index (χ1v) is 8.06. The minimum absolute atomic E-state index is 0.601. The summed E-state index contributed by atoms with van der Waals surface area (Å²) in [5.41, 5.74) is 8.05. The standard InChI is InChI=1S/C16H22N4S/c1-2-20-15-6-4-3-5-13(15)14(18-20)11-19(12-7-8-12)10-9-16(17)21/h3-6,12H,2,7-11H2,1H3,(H2,17,21). The predicted octanol–water partition coefficient (Wildman–Crippen LogP) is 2.70. The maximum Gasteiger partial charge on any atom is 0.0843 e. The molecule has 1 saturated carbocycles. The number of aryl methyl sites for hydroxylation is 1. The molecule has 2 N–H and O–H groups in total. The fourth-order valence-electron chi connectivity index (χ4n) is 2.83. The van der Waals surface area contributed by atoms with Crippen LogP contribution in [-0.2, 0) is 13.1 Å². The molecule has 2 aromatic rings. The third kappa shape index (κ3) is 3.24. The molecule has 21 heavy (non-hydrogen) atoms. The van der Waals surface area contributed by atoms with Gasteiger partial charge in [-0.25, -0.2) is 0 Å². The van der Waals surface area contributed by atoms with Crippen LogP contribution in [0, 0.1) is 0 Å². The van der Waals surface area contributed by atoms with E-state index in [9.17, 15) is 0 Å². The third-order valence-corrected chi connectivity index (χ3v) is 4.30. The average molecular weight is 302 g/mol. The Morgan fingerprint density at radius 1 is 1.43 bits per heavy atom. The zero-order valence-electron chi connectivity index (χ0n) is 12.5. The maximum absolute atomic E-state index is 5.66. The molecule has 0 amide bonds. The molecule has 112 valence electrons. The molecular weight excluding hydrogens is 280 g/mol. The van der Waals surface area contributed by atoms with Gasteiger partial charge in [0.25, 0.3) is 0 Å². The third-order valence-electron chi connectivity index (χ3n) is 4.10. The number of rotatable bonds is 7. The van der Waals surface area contributed by atoms with E-state index in [1.54, 1.807) is 0 Å². The van der Waals surface area contributed by atoms with Crippen LogP contribution in [0.3, 0.4) is 0 Å². The summed E-state index contributed by atoms with van der Waals surface area (Å²) < 4.78 is 2.09. The van der Waals surface area contributed by atoms with Crippen molar-refractivity contribution < 1.29 is 0 Å². The van der Waals surface area contributed by atoms with Gasteiger partial charge in [0.15, 0.2) is 0 Å². The highest BCUT2D eigenvalue weighted by Crippen LogP contribution is 2.29. The number of aromatic nitrogens is 2. The molecule has 1 aliphatic rings. The lowest BCUT2D eigenvalue weighted by Gasteiger charge is -2.20. The first-order chi connectivity index (χ1) is 10.2. The van der Waals surface area contributed by atoms with Crippen LogP contribution in [-0.4, -0.2) is 32.3 Å². The van der Waals surface area contributed by atoms with Gasteiger partial charge in [-0.2, -0.15) is 5.10 Å². The van der Waals surface area contributed by atoms with Crippen LogP contribution in [0.5, 0.6) is 0 Å². The van der Waals surface area contributed by atoms with Gasteiger partial charge in [0.2, 0.25) is 0 Å². The SMILES string of the molecule is CCn1nc(CN(CCC(N)=S)C2CC2)c2ccccc21. The molecular formula is C16H22N4S. The lowest BCUT2D eigenvalue weighted by molar-refractivity contribution is 0.259. The fraction of sp³-hybridized carbons (Fsp3) is 0.500. The number of thiocarbonyl (C=S) groups is 1. The van der Waals surface area contributed by atoms with Crippen molar-refractivity contribution in [3.8, 4) is 0 Å². The molecule has 0 saturated heterocycles. The van der Waals surface area contributed by atoms with Gasteiger partial charge in [-0.05, 0) is 25.8 Å². The molecule has 1 aromatic heterocycles. The van der Waals surface area contributed by atoms with Gasteiger partial charge in [-0.15, -0.1) is 0 Å². The molecule has 3 rings (SSSR count). The lowest BCUT2D eigenvalue weighted by atomic mass is 10.2. The summed E-state index contributed by atoms with van der Waals surface area (Å²) in [6, 6.07) is 9.16. The van der Waals surface area contributed by atoms with Gasteiger partial charge < -0.3 is 5.73 Å². The topological polar surface area (TPSA) is 47.1 Å². The molecule has 1 fully saturated rings. The maximum atomic E-state index is 5.66. The highest BCUT2D eigenvalue weighted by Gasteiger charge is 2.29. The molecule has 0 bridgehead atoms.